The largest absolute Gasteiger partial charge is 0.423 e. The number of amides is 1. The molecular weight excluding hydrogens is 349 g/mol. The number of aromatic amines is 1. The van der Waals surface area contributed by atoms with Gasteiger partial charge in [-0.15, -0.1) is 10.2 Å². The molecule has 2 aromatic heterocycles. The van der Waals surface area contributed by atoms with E-state index in [2.05, 4.69) is 25.7 Å². The molecule has 3 aromatic rings. The first kappa shape index (κ1) is 18.8. The molecule has 0 aliphatic carbocycles. The third kappa shape index (κ3) is 4.39. The summed E-state index contributed by atoms with van der Waals surface area (Å²) in [4.78, 5) is 12.7. The van der Waals surface area contributed by atoms with Crippen molar-refractivity contribution in [3.8, 4) is 11.3 Å². The highest BCUT2D eigenvalue weighted by atomic mass is 19.1. The number of rotatable bonds is 6. The number of nitrogens with zero attached hydrogens (tertiary/aromatic N) is 3. The number of hydrogen-bond acceptors (Lipinski definition) is 5. The number of carbonyl (C=O) groups is 1. The summed E-state index contributed by atoms with van der Waals surface area (Å²) in [6.45, 7) is 7.49. The first-order valence-electron chi connectivity index (χ1n) is 8.76. The maximum absolute atomic E-state index is 13.4. The highest BCUT2D eigenvalue weighted by Crippen LogP contribution is 2.23. The van der Waals surface area contributed by atoms with Crippen molar-refractivity contribution in [2.24, 2.45) is 5.92 Å². The molecule has 1 atom stereocenters. The average molecular weight is 371 g/mol. The van der Waals surface area contributed by atoms with E-state index in [4.69, 9.17) is 4.42 Å². The highest BCUT2D eigenvalue weighted by molar-refractivity contribution is 5.93. The number of aromatic nitrogens is 4. The number of hydrogen-bond donors (Lipinski definition) is 2. The monoisotopic (exact) mass is 371 g/mol. The SMILES string of the molecule is Cc1nnc(C(CC(C)C)NC(=O)c2cc(-c3ccc(F)c(C)c3)n[nH]2)o1. The molecular formula is C19H22FN5O2. The molecule has 0 saturated carbocycles. The lowest BCUT2D eigenvalue weighted by Gasteiger charge is -2.16. The smallest absolute Gasteiger partial charge is 0.269 e. The molecule has 0 saturated heterocycles. The third-order valence-electron chi connectivity index (χ3n) is 4.13. The summed E-state index contributed by atoms with van der Waals surface area (Å²) in [7, 11) is 0. The fraction of sp³-hybridized carbons (Fsp3) is 0.368. The van der Waals surface area contributed by atoms with Crippen LogP contribution in [0.3, 0.4) is 0 Å². The predicted octanol–water partition coefficient (Wildman–Crippen LogP) is 3.73. The van der Waals surface area contributed by atoms with Crippen molar-refractivity contribution in [2.75, 3.05) is 0 Å². The van der Waals surface area contributed by atoms with Crippen molar-refractivity contribution in [1.82, 2.24) is 25.7 Å². The van der Waals surface area contributed by atoms with Crippen LogP contribution in [0.2, 0.25) is 0 Å². The Morgan fingerprint density at radius 2 is 2.04 bits per heavy atom. The van der Waals surface area contributed by atoms with E-state index in [0.29, 0.717) is 41.1 Å². The molecule has 2 N–H and O–H groups in total. The standard InChI is InChI=1S/C19H22FN5O2/c1-10(2)7-17(19-25-22-12(4)27-19)21-18(26)16-9-15(23-24-16)13-5-6-14(20)11(3)8-13/h5-6,8-10,17H,7H2,1-4H3,(H,21,26)(H,23,24). The van der Waals surface area contributed by atoms with Gasteiger partial charge in [0, 0.05) is 12.5 Å². The first-order chi connectivity index (χ1) is 12.8. The van der Waals surface area contributed by atoms with Gasteiger partial charge in [-0.2, -0.15) is 5.10 Å². The van der Waals surface area contributed by atoms with E-state index >= 15 is 0 Å². The quantitative estimate of drug-likeness (QED) is 0.688. The summed E-state index contributed by atoms with van der Waals surface area (Å²) in [5, 5.41) is 17.7. The summed E-state index contributed by atoms with van der Waals surface area (Å²) in [6.07, 6.45) is 0.658. The third-order valence-corrected chi connectivity index (χ3v) is 4.13. The van der Waals surface area contributed by atoms with E-state index in [-0.39, 0.29) is 11.7 Å². The number of benzene rings is 1. The van der Waals surface area contributed by atoms with Crippen molar-refractivity contribution in [2.45, 2.75) is 40.2 Å². The molecule has 1 aromatic carbocycles. The van der Waals surface area contributed by atoms with Crippen molar-refractivity contribution in [3.63, 3.8) is 0 Å². The van der Waals surface area contributed by atoms with Gasteiger partial charge < -0.3 is 9.73 Å². The number of carbonyl (C=O) groups excluding carboxylic acids is 1. The molecule has 1 unspecified atom stereocenters. The highest BCUT2D eigenvalue weighted by Gasteiger charge is 2.23. The Labute approximate surface area is 156 Å². The Morgan fingerprint density at radius 3 is 2.67 bits per heavy atom. The lowest BCUT2D eigenvalue weighted by Crippen LogP contribution is -2.30. The van der Waals surface area contributed by atoms with E-state index < -0.39 is 6.04 Å². The van der Waals surface area contributed by atoms with Gasteiger partial charge in [-0.1, -0.05) is 13.8 Å². The zero-order valence-electron chi connectivity index (χ0n) is 15.7. The summed E-state index contributed by atoms with van der Waals surface area (Å²) in [5.74, 6) is 0.543. The van der Waals surface area contributed by atoms with Crippen LogP contribution in [0.4, 0.5) is 4.39 Å². The Bertz CT molecular complexity index is 947. The maximum Gasteiger partial charge on any atom is 0.269 e. The fourth-order valence-corrected chi connectivity index (χ4v) is 2.77. The fourth-order valence-electron chi connectivity index (χ4n) is 2.77. The Kier molecular flexibility index (Phi) is 5.34. The van der Waals surface area contributed by atoms with E-state index in [9.17, 15) is 9.18 Å². The summed E-state index contributed by atoms with van der Waals surface area (Å²) >= 11 is 0. The van der Waals surface area contributed by atoms with E-state index in [1.165, 1.54) is 6.07 Å². The van der Waals surface area contributed by atoms with Crippen LogP contribution in [0.5, 0.6) is 0 Å². The van der Waals surface area contributed by atoms with E-state index in [1.807, 2.05) is 13.8 Å². The second kappa shape index (κ2) is 7.69. The van der Waals surface area contributed by atoms with E-state index in [0.717, 1.165) is 5.56 Å². The molecule has 2 heterocycles. The van der Waals surface area contributed by atoms with E-state index in [1.54, 1.807) is 32.0 Å². The van der Waals surface area contributed by atoms with Crippen LogP contribution >= 0.6 is 0 Å². The molecule has 3 rings (SSSR count). The zero-order valence-corrected chi connectivity index (χ0v) is 15.7. The Hall–Kier alpha value is -3.03. The van der Waals surface area contributed by atoms with Gasteiger partial charge in [-0.05, 0) is 49.1 Å². The van der Waals surface area contributed by atoms with Gasteiger partial charge in [0.05, 0.1) is 5.69 Å². The molecule has 142 valence electrons. The van der Waals surface area contributed by atoms with Crippen LogP contribution in [0.15, 0.2) is 28.7 Å². The number of halogens is 1. The van der Waals surface area contributed by atoms with Gasteiger partial charge in [-0.3, -0.25) is 9.89 Å². The van der Waals surface area contributed by atoms with Crippen molar-refractivity contribution < 1.29 is 13.6 Å². The summed E-state index contributed by atoms with van der Waals surface area (Å²) in [5.41, 5.74) is 2.12. The topological polar surface area (TPSA) is 96.7 Å². The molecule has 7 nitrogen and oxygen atoms in total. The lowest BCUT2D eigenvalue weighted by atomic mass is 10.0. The number of aryl methyl sites for hydroxylation is 2. The molecule has 0 aliphatic heterocycles. The van der Waals surface area contributed by atoms with Crippen molar-refractivity contribution in [3.05, 3.63) is 53.1 Å². The van der Waals surface area contributed by atoms with Crippen LogP contribution in [0, 0.1) is 25.6 Å². The molecule has 0 spiro atoms. The van der Waals surface area contributed by atoms with Crippen LogP contribution in [-0.2, 0) is 0 Å². The van der Waals surface area contributed by atoms with Crippen LogP contribution in [-0.4, -0.2) is 26.3 Å². The van der Waals surface area contributed by atoms with Gasteiger partial charge in [-0.25, -0.2) is 4.39 Å². The molecule has 0 bridgehead atoms. The van der Waals surface area contributed by atoms with Gasteiger partial charge in [0.1, 0.15) is 17.6 Å². The van der Waals surface area contributed by atoms with Crippen LogP contribution < -0.4 is 5.32 Å². The minimum absolute atomic E-state index is 0.279. The number of nitrogens with one attached hydrogen (secondary N) is 2. The van der Waals surface area contributed by atoms with Gasteiger partial charge in [0.2, 0.25) is 11.8 Å². The van der Waals surface area contributed by atoms with Crippen molar-refractivity contribution in [1.29, 1.82) is 0 Å². The molecule has 0 aliphatic rings. The maximum atomic E-state index is 13.4. The molecule has 0 fully saturated rings. The number of H-pyrrole nitrogens is 1. The Balaban J connectivity index is 1.78. The van der Waals surface area contributed by atoms with Crippen LogP contribution in [0.1, 0.15) is 54.1 Å². The van der Waals surface area contributed by atoms with Crippen LogP contribution in [0.25, 0.3) is 11.3 Å². The lowest BCUT2D eigenvalue weighted by molar-refractivity contribution is 0.0919. The van der Waals surface area contributed by atoms with Gasteiger partial charge in [0.25, 0.3) is 5.91 Å². The predicted molar refractivity (Wildman–Crippen MR) is 97.4 cm³/mol. The average Bonchev–Trinajstić information content (AvgIpc) is 3.25. The minimum atomic E-state index is -0.390. The molecule has 8 heteroatoms. The second-order valence-electron chi connectivity index (χ2n) is 6.95. The second-order valence-corrected chi connectivity index (χ2v) is 6.95. The Morgan fingerprint density at radius 1 is 1.26 bits per heavy atom. The summed E-state index contributed by atoms with van der Waals surface area (Å²) in [6, 6.07) is 5.95. The minimum Gasteiger partial charge on any atom is -0.423 e. The van der Waals surface area contributed by atoms with Gasteiger partial charge >= 0.3 is 0 Å². The molecule has 1 amide bonds. The normalized spacial score (nSPS) is 12.4. The zero-order chi connectivity index (χ0) is 19.6. The van der Waals surface area contributed by atoms with Gasteiger partial charge in [0.15, 0.2) is 0 Å². The summed E-state index contributed by atoms with van der Waals surface area (Å²) < 4.78 is 18.9. The first-order valence-corrected chi connectivity index (χ1v) is 8.76. The molecule has 27 heavy (non-hydrogen) atoms. The van der Waals surface area contributed by atoms with Crippen molar-refractivity contribution >= 4 is 5.91 Å². The molecule has 0 radical (unpaired) electrons.